The molecule has 176 valence electrons. The van der Waals surface area contributed by atoms with Gasteiger partial charge in [0.05, 0.1) is 46.4 Å². The topological polar surface area (TPSA) is 261 Å². The second-order valence-corrected chi connectivity index (χ2v) is 8.18. The van der Waals surface area contributed by atoms with Crippen LogP contribution in [0.15, 0.2) is 36.4 Å². The van der Waals surface area contributed by atoms with Gasteiger partial charge >= 0.3 is 0 Å². The van der Waals surface area contributed by atoms with E-state index in [4.69, 9.17) is 45.2 Å². The van der Waals surface area contributed by atoms with E-state index in [2.05, 4.69) is 32.1 Å². The van der Waals surface area contributed by atoms with Crippen LogP contribution in [0.25, 0.3) is 34.2 Å². The standard InChI is InChI=1S/C24H22N12/c25-9-1-10(26)18-5-17(9)33-19-6-21(13(29)2-11(19)27)35-23-8-24(16(32)4-15(23)31)36-22-7-20(34-18)12(28)3-14(22)30/h1,4-8,25,32-33,36H,26-31H2/q+2. The van der Waals surface area contributed by atoms with E-state index in [9.17, 15) is 0 Å². The molecule has 0 fully saturated rings. The monoisotopic (exact) mass is 478 g/mol. The van der Waals surface area contributed by atoms with Crippen LogP contribution in [-0.4, -0.2) is 31.4 Å². The largest absolute Gasteiger partial charge is 0.397 e. The maximum Gasteiger partial charge on any atom is 0.229 e. The zero-order valence-electron chi connectivity index (χ0n) is 18.8. The van der Waals surface area contributed by atoms with E-state index in [0.717, 1.165) is 0 Å². The summed E-state index contributed by atoms with van der Waals surface area (Å²) >= 11 is 0. The van der Waals surface area contributed by atoms with Gasteiger partial charge in [0.1, 0.15) is 23.5 Å². The third-order valence-corrected chi connectivity index (χ3v) is 5.59. The van der Waals surface area contributed by atoms with Crippen LogP contribution >= 0.6 is 0 Å². The number of nitrogens with one attached hydrogen (secondary N) is 4. The number of allylic oxidation sites excluding steroid dienone is 2. The second kappa shape index (κ2) is 7.96. The molecule has 16 N–H and O–H groups in total. The summed E-state index contributed by atoms with van der Waals surface area (Å²) in [6, 6.07) is 6.44. The molecule has 12 nitrogen and oxygen atoms in total. The number of rotatable bonds is 0. The van der Waals surface area contributed by atoms with Gasteiger partial charge in [-0.1, -0.05) is 0 Å². The van der Waals surface area contributed by atoms with Crippen molar-refractivity contribution in [2.45, 2.75) is 0 Å². The zero-order chi connectivity index (χ0) is 25.7. The number of nitrogens with zero attached hydrogens (tertiary/aromatic N) is 2. The molecule has 0 aliphatic heterocycles. The highest BCUT2D eigenvalue weighted by Gasteiger charge is 2.21. The molecule has 8 bridgehead atoms. The van der Waals surface area contributed by atoms with E-state index in [-0.39, 0.29) is 45.6 Å². The number of fused-ring (bicyclic) bond motifs is 8. The molecule has 0 unspecified atom stereocenters. The summed E-state index contributed by atoms with van der Waals surface area (Å²) in [5.74, 6) is 0. The number of aromatic amines is 2. The van der Waals surface area contributed by atoms with Gasteiger partial charge in [0.25, 0.3) is 0 Å². The fourth-order valence-electron chi connectivity index (χ4n) is 3.69. The lowest BCUT2D eigenvalue weighted by molar-refractivity contribution is 1.12. The number of H-pyrrole nitrogens is 2. The quantitative estimate of drug-likeness (QED) is 0.190. The molecule has 0 aromatic carbocycles. The first-order chi connectivity index (χ1) is 17.1. The molecule has 0 saturated carbocycles. The van der Waals surface area contributed by atoms with Crippen LogP contribution in [-0.2, 0) is 0 Å². The fourth-order valence-corrected chi connectivity index (χ4v) is 3.69. The van der Waals surface area contributed by atoms with Gasteiger partial charge in [-0.05, 0) is 24.3 Å². The van der Waals surface area contributed by atoms with Crippen molar-refractivity contribution in [1.29, 1.82) is 10.8 Å². The van der Waals surface area contributed by atoms with Gasteiger partial charge in [-0.3, -0.25) is 20.8 Å². The van der Waals surface area contributed by atoms with Crippen molar-refractivity contribution < 1.29 is 0 Å². The predicted octanol–water partition coefficient (Wildman–Crippen LogP) is -1.77. The Hall–Kier alpha value is -5.70. The van der Waals surface area contributed by atoms with Crippen molar-refractivity contribution in [1.82, 2.24) is 19.9 Å². The lowest BCUT2D eigenvalue weighted by atomic mass is 10.1. The molecule has 0 atom stereocenters. The van der Waals surface area contributed by atoms with Crippen LogP contribution in [0.2, 0.25) is 0 Å². The highest BCUT2D eigenvalue weighted by atomic mass is 14.9. The average Bonchev–Trinajstić information content (AvgIpc) is 2.79. The Labute approximate surface area is 204 Å². The Bertz CT molecular complexity index is 1590. The normalized spacial score (nSPS) is 15.6. The summed E-state index contributed by atoms with van der Waals surface area (Å²) in [4.78, 5) is 15.4. The molecular weight excluding hydrogens is 456 g/mol. The molecule has 1 aromatic heterocycles. The highest BCUT2D eigenvalue weighted by Crippen LogP contribution is 2.17. The molecule has 0 radical (unpaired) electrons. The number of hydrogen-bond donors (Lipinski definition) is 10. The van der Waals surface area contributed by atoms with Crippen LogP contribution in [0.3, 0.4) is 0 Å². The van der Waals surface area contributed by atoms with Crippen LogP contribution in [0, 0.1) is 23.0 Å². The van der Waals surface area contributed by atoms with E-state index < -0.39 is 0 Å². The first-order valence-corrected chi connectivity index (χ1v) is 10.6. The Morgan fingerprint density at radius 1 is 0.583 bits per heavy atom. The molecular formula is C24H22N12+2. The van der Waals surface area contributed by atoms with Crippen molar-refractivity contribution in [3.8, 4) is 0 Å². The molecule has 0 spiro atoms. The van der Waals surface area contributed by atoms with E-state index >= 15 is 0 Å². The molecule has 1 heterocycles. The van der Waals surface area contributed by atoms with E-state index in [1.54, 1.807) is 24.3 Å². The minimum atomic E-state index is 0.112. The van der Waals surface area contributed by atoms with E-state index in [1.165, 1.54) is 12.2 Å². The minimum absolute atomic E-state index is 0.112. The maximum absolute atomic E-state index is 8.37. The van der Waals surface area contributed by atoms with Crippen LogP contribution in [0.5, 0.6) is 0 Å². The number of aromatic nitrogens is 4. The smallest absolute Gasteiger partial charge is 0.229 e. The lowest BCUT2D eigenvalue weighted by Crippen LogP contribution is -2.24. The maximum atomic E-state index is 8.37. The molecule has 4 aliphatic rings. The molecule has 5 rings (SSSR count). The molecule has 36 heavy (non-hydrogen) atoms. The summed E-state index contributed by atoms with van der Waals surface area (Å²) in [5.41, 5.74) is 40.8. The Balaban J connectivity index is 2.00. The summed E-state index contributed by atoms with van der Waals surface area (Å²) in [6.07, 6.45) is 8.66. The van der Waals surface area contributed by atoms with Gasteiger partial charge in [0.15, 0.2) is 11.4 Å². The van der Waals surface area contributed by atoms with Gasteiger partial charge in [-0.2, -0.15) is 9.97 Å². The molecule has 4 aliphatic carbocycles. The van der Waals surface area contributed by atoms with Crippen LogP contribution < -0.4 is 45.1 Å². The van der Waals surface area contributed by atoms with Crippen LogP contribution in [0.1, 0.15) is 34.2 Å². The zero-order valence-corrected chi connectivity index (χ0v) is 18.8. The van der Waals surface area contributed by atoms with Crippen molar-refractivity contribution in [3.05, 3.63) is 93.4 Å². The van der Waals surface area contributed by atoms with E-state index in [1.807, 2.05) is 0 Å². The van der Waals surface area contributed by atoms with Crippen LogP contribution in [0.4, 0.5) is 0 Å². The Kier molecular flexibility index (Phi) is 4.89. The summed E-state index contributed by atoms with van der Waals surface area (Å²) in [6.45, 7) is 0. The van der Waals surface area contributed by atoms with Gasteiger partial charge in [-0.15, -0.1) is 0 Å². The van der Waals surface area contributed by atoms with Crippen molar-refractivity contribution >= 4 is 45.6 Å². The lowest BCUT2D eigenvalue weighted by Gasteiger charge is -2.09. The summed E-state index contributed by atoms with van der Waals surface area (Å²) < 4.78 is 0. The second-order valence-electron chi connectivity index (χ2n) is 8.18. The number of nitrogens with two attached hydrogens (primary N) is 6. The number of hydrogen-bond acceptors (Lipinski definition) is 10. The van der Waals surface area contributed by atoms with Gasteiger partial charge in [0, 0.05) is 0 Å². The molecule has 12 heteroatoms. The van der Waals surface area contributed by atoms with Crippen molar-refractivity contribution in [2.24, 2.45) is 34.4 Å². The Morgan fingerprint density at radius 2 is 0.972 bits per heavy atom. The Morgan fingerprint density at radius 3 is 1.36 bits per heavy atom. The molecule has 0 amide bonds. The van der Waals surface area contributed by atoms with Crippen molar-refractivity contribution in [3.63, 3.8) is 0 Å². The summed E-state index contributed by atoms with van der Waals surface area (Å²) in [5, 5.41) is 17.4. The molecule has 0 saturated heterocycles. The molecule has 1 aromatic rings. The third kappa shape index (κ3) is 3.82. The van der Waals surface area contributed by atoms with Gasteiger partial charge < -0.3 is 34.4 Å². The first-order valence-electron chi connectivity index (χ1n) is 10.6. The van der Waals surface area contributed by atoms with Gasteiger partial charge in [-0.25, -0.2) is 0 Å². The van der Waals surface area contributed by atoms with E-state index in [0.29, 0.717) is 44.9 Å². The van der Waals surface area contributed by atoms with Crippen molar-refractivity contribution in [2.75, 3.05) is 0 Å². The predicted molar refractivity (Wildman–Crippen MR) is 138 cm³/mol. The highest BCUT2D eigenvalue weighted by molar-refractivity contribution is 6.11. The third-order valence-electron chi connectivity index (χ3n) is 5.59. The minimum Gasteiger partial charge on any atom is -0.397 e. The SMILES string of the molecule is N=C1C=C(N)c2cc1[nH]c1cc(nc3cc([nH]c4cc(n2)=C(N)[C+]=C4N)C(=N)C=C3N)=C(N)[C+]=C1N. The van der Waals surface area contributed by atoms with Gasteiger partial charge in [0.2, 0.25) is 33.5 Å². The fraction of sp³-hybridized carbons (Fsp3) is 0. The summed E-state index contributed by atoms with van der Waals surface area (Å²) in [7, 11) is 0. The first kappa shape index (κ1) is 22.1. The average molecular weight is 479 g/mol.